The summed E-state index contributed by atoms with van der Waals surface area (Å²) >= 11 is 4.90. The van der Waals surface area contributed by atoms with Crippen molar-refractivity contribution in [2.24, 2.45) is 5.73 Å². The topological polar surface area (TPSA) is 73.1 Å². The molecule has 3 N–H and O–H groups in total. The van der Waals surface area contributed by atoms with Crippen molar-refractivity contribution in [3.8, 4) is 0 Å². The van der Waals surface area contributed by atoms with Crippen LogP contribution in [0.15, 0.2) is 12.4 Å². The number of nitrogens with one attached hydrogen (secondary N) is 1. The lowest BCUT2D eigenvalue weighted by Crippen LogP contribution is -2.16. The van der Waals surface area contributed by atoms with Gasteiger partial charge in [0.1, 0.15) is 10.7 Å². The molecule has 0 aliphatic heterocycles. The Morgan fingerprint density at radius 3 is 2.82 bits per heavy atom. The summed E-state index contributed by atoms with van der Waals surface area (Å²) in [6.07, 6.45) is 6.44. The average molecular weight is 254 g/mol. The quantitative estimate of drug-likeness (QED) is 0.539. The molecule has 0 spiro atoms. The van der Waals surface area contributed by atoms with Crippen molar-refractivity contribution < 1.29 is 4.74 Å². The third kappa shape index (κ3) is 5.06. The number of methoxy groups -OCH3 is 1. The van der Waals surface area contributed by atoms with Crippen LogP contribution < -0.4 is 11.1 Å². The summed E-state index contributed by atoms with van der Waals surface area (Å²) in [5, 5.41) is 3.19. The van der Waals surface area contributed by atoms with E-state index in [1.54, 1.807) is 19.5 Å². The highest BCUT2D eigenvalue weighted by molar-refractivity contribution is 7.80. The molecule has 94 valence electrons. The van der Waals surface area contributed by atoms with Crippen LogP contribution in [0.1, 0.15) is 25.0 Å². The zero-order chi connectivity index (χ0) is 12.5. The van der Waals surface area contributed by atoms with Gasteiger partial charge >= 0.3 is 0 Å². The first kappa shape index (κ1) is 13.8. The normalized spacial score (nSPS) is 10.2. The largest absolute Gasteiger partial charge is 0.388 e. The molecule has 1 aromatic heterocycles. The van der Waals surface area contributed by atoms with E-state index in [4.69, 9.17) is 22.7 Å². The Bertz CT molecular complexity index is 359. The molecular formula is C11H18N4OS. The third-order valence-corrected chi connectivity index (χ3v) is 2.44. The molecule has 0 bridgehead atoms. The van der Waals surface area contributed by atoms with Gasteiger partial charge in [0.2, 0.25) is 0 Å². The number of hydrogen-bond donors (Lipinski definition) is 2. The highest BCUT2D eigenvalue weighted by Gasteiger charge is 2.06. The summed E-state index contributed by atoms with van der Waals surface area (Å²) < 4.78 is 4.98. The third-order valence-electron chi connectivity index (χ3n) is 2.25. The average Bonchev–Trinajstić information content (AvgIpc) is 2.34. The molecule has 1 rings (SSSR count). The Kier molecular flexibility index (Phi) is 6.42. The first-order valence-corrected chi connectivity index (χ1v) is 6.00. The summed E-state index contributed by atoms with van der Waals surface area (Å²) in [7, 11) is 1.71. The maximum Gasteiger partial charge on any atom is 0.155 e. The van der Waals surface area contributed by atoms with Gasteiger partial charge in [0.05, 0.1) is 0 Å². The van der Waals surface area contributed by atoms with Crippen LogP contribution in [0.2, 0.25) is 0 Å². The minimum atomic E-state index is 0.264. The van der Waals surface area contributed by atoms with Gasteiger partial charge in [-0.25, -0.2) is 9.97 Å². The molecule has 0 radical (unpaired) electrons. The van der Waals surface area contributed by atoms with Gasteiger partial charge in [0, 0.05) is 32.7 Å². The zero-order valence-electron chi connectivity index (χ0n) is 9.98. The van der Waals surface area contributed by atoms with Gasteiger partial charge in [0.25, 0.3) is 0 Å². The predicted octanol–water partition coefficient (Wildman–Crippen LogP) is 1.34. The zero-order valence-corrected chi connectivity index (χ0v) is 10.8. The monoisotopic (exact) mass is 254 g/mol. The highest BCUT2D eigenvalue weighted by atomic mass is 32.1. The van der Waals surface area contributed by atoms with Crippen LogP contribution in [-0.2, 0) is 4.74 Å². The summed E-state index contributed by atoms with van der Waals surface area (Å²) in [4.78, 5) is 8.53. The minimum absolute atomic E-state index is 0.264. The lowest BCUT2D eigenvalue weighted by molar-refractivity contribution is 0.192. The number of thiocarbonyl (C=S) groups is 1. The SMILES string of the molecule is COCCCCCNc1nccnc1C(N)=S. The van der Waals surface area contributed by atoms with Crippen LogP contribution in [-0.4, -0.2) is 35.2 Å². The molecule has 0 amide bonds. The van der Waals surface area contributed by atoms with E-state index < -0.39 is 0 Å². The van der Waals surface area contributed by atoms with Crippen LogP contribution >= 0.6 is 12.2 Å². The van der Waals surface area contributed by atoms with E-state index in [9.17, 15) is 0 Å². The van der Waals surface area contributed by atoms with Crippen molar-refractivity contribution in [1.82, 2.24) is 9.97 Å². The van der Waals surface area contributed by atoms with Gasteiger partial charge in [-0.2, -0.15) is 0 Å². The first-order chi connectivity index (χ1) is 8.25. The fourth-order valence-electron chi connectivity index (χ4n) is 1.40. The number of anilines is 1. The fourth-order valence-corrected chi connectivity index (χ4v) is 1.55. The number of ether oxygens (including phenoxy) is 1. The summed E-state index contributed by atoms with van der Waals surface area (Å²) in [6, 6.07) is 0. The van der Waals surface area contributed by atoms with E-state index >= 15 is 0 Å². The van der Waals surface area contributed by atoms with Gasteiger partial charge in [-0.15, -0.1) is 0 Å². The standard InChI is InChI=1S/C11H18N4OS/c1-16-8-4-2-3-5-14-11-9(10(12)17)13-6-7-15-11/h6-7H,2-5,8H2,1H3,(H2,12,17)(H,14,15). The van der Waals surface area contributed by atoms with E-state index in [1.165, 1.54) is 0 Å². The van der Waals surface area contributed by atoms with E-state index in [0.29, 0.717) is 11.5 Å². The van der Waals surface area contributed by atoms with Crippen LogP contribution in [0.3, 0.4) is 0 Å². The van der Waals surface area contributed by atoms with E-state index in [-0.39, 0.29) is 4.99 Å². The molecule has 1 aromatic rings. The van der Waals surface area contributed by atoms with E-state index in [1.807, 2.05) is 0 Å². The number of unbranched alkanes of at least 4 members (excludes halogenated alkanes) is 2. The first-order valence-electron chi connectivity index (χ1n) is 5.59. The van der Waals surface area contributed by atoms with Crippen LogP contribution in [0, 0.1) is 0 Å². The highest BCUT2D eigenvalue weighted by Crippen LogP contribution is 2.08. The molecule has 0 aromatic carbocycles. The molecular weight excluding hydrogens is 236 g/mol. The van der Waals surface area contributed by atoms with Crippen molar-refractivity contribution >= 4 is 23.0 Å². The molecule has 0 saturated carbocycles. The predicted molar refractivity (Wildman–Crippen MR) is 72.1 cm³/mol. The van der Waals surface area contributed by atoms with Crippen LogP contribution in [0.4, 0.5) is 5.82 Å². The second-order valence-electron chi connectivity index (χ2n) is 3.60. The van der Waals surface area contributed by atoms with Crippen LogP contribution in [0.25, 0.3) is 0 Å². The van der Waals surface area contributed by atoms with Crippen LogP contribution in [0.5, 0.6) is 0 Å². The smallest absolute Gasteiger partial charge is 0.155 e. The second-order valence-corrected chi connectivity index (χ2v) is 4.04. The van der Waals surface area contributed by atoms with Gasteiger partial charge in [-0.05, 0) is 19.3 Å². The molecule has 17 heavy (non-hydrogen) atoms. The summed E-state index contributed by atoms with van der Waals surface area (Å²) in [6.45, 7) is 1.64. The number of rotatable bonds is 8. The van der Waals surface area contributed by atoms with Crippen molar-refractivity contribution in [1.29, 1.82) is 0 Å². The van der Waals surface area contributed by atoms with Gasteiger partial charge in [0.15, 0.2) is 5.82 Å². The maximum atomic E-state index is 5.56. The number of nitrogens with two attached hydrogens (primary N) is 1. The Balaban J connectivity index is 2.34. The molecule has 0 atom stereocenters. The van der Waals surface area contributed by atoms with Crippen molar-refractivity contribution in [3.63, 3.8) is 0 Å². The van der Waals surface area contributed by atoms with Crippen molar-refractivity contribution in [2.45, 2.75) is 19.3 Å². The van der Waals surface area contributed by atoms with Gasteiger partial charge in [-0.3, -0.25) is 0 Å². The summed E-state index contributed by atoms with van der Waals surface area (Å²) in [5.74, 6) is 0.659. The second kappa shape index (κ2) is 7.92. The molecule has 1 heterocycles. The fraction of sp³-hybridized carbons (Fsp3) is 0.545. The van der Waals surface area contributed by atoms with Gasteiger partial charge in [-0.1, -0.05) is 12.2 Å². The molecule has 0 saturated heterocycles. The Hall–Kier alpha value is -1.27. The Morgan fingerprint density at radius 1 is 1.35 bits per heavy atom. The van der Waals surface area contributed by atoms with Crippen molar-refractivity contribution in [2.75, 3.05) is 25.6 Å². The molecule has 0 aliphatic rings. The lowest BCUT2D eigenvalue weighted by atomic mass is 10.2. The number of nitrogens with zero attached hydrogens (tertiary/aromatic N) is 2. The molecule has 0 aliphatic carbocycles. The molecule has 6 heteroatoms. The van der Waals surface area contributed by atoms with Gasteiger partial charge < -0.3 is 15.8 Å². The summed E-state index contributed by atoms with van der Waals surface area (Å²) in [5.41, 5.74) is 6.11. The molecule has 0 unspecified atom stereocenters. The lowest BCUT2D eigenvalue weighted by Gasteiger charge is -2.08. The number of hydrogen-bond acceptors (Lipinski definition) is 5. The molecule has 5 nitrogen and oxygen atoms in total. The van der Waals surface area contributed by atoms with E-state index in [0.717, 1.165) is 32.4 Å². The number of aromatic nitrogens is 2. The Morgan fingerprint density at radius 2 is 2.12 bits per heavy atom. The minimum Gasteiger partial charge on any atom is -0.388 e. The molecule has 0 fully saturated rings. The van der Waals surface area contributed by atoms with Crippen molar-refractivity contribution in [3.05, 3.63) is 18.1 Å². The van der Waals surface area contributed by atoms with E-state index in [2.05, 4.69) is 15.3 Å². The Labute approximate surface area is 107 Å². The maximum absolute atomic E-state index is 5.56.